The van der Waals surface area contributed by atoms with Gasteiger partial charge < -0.3 is 19.7 Å². The molecule has 1 aliphatic rings. The maximum atomic E-state index is 12.7. The van der Waals surface area contributed by atoms with Crippen LogP contribution in [0.25, 0.3) is 0 Å². The van der Waals surface area contributed by atoms with Crippen LogP contribution in [-0.4, -0.2) is 68.7 Å². The van der Waals surface area contributed by atoms with Crippen molar-refractivity contribution in [2.24, 2.45) is 4.99 Å². The lowest BCUT2D eigenvalue weighted by atomic mass is 10.2. The summed E-state index contributed by atoms with van der Waals surface area (Å²) in [5, 5.41) is 3.27. The van der Waals surface area contributed by atoms with Crippen LogP contribution in [0.5, 0.6) is 11.5 Å². The first-order valence-corrected chi connectivity index (χ1v) is 9.33. The first kappa shape index (κ1) is 21.2. The molecule has 0 radical (unpaired) electrons. The molecule has 1 saturated heterocycles. The molecule has 27 heavy (non-hydrogen) atoms. The Morgan fingerprint density at radius 2 is 2.11 bits per heavy atom. The number of guanidine groups is 1. The lowest BCUT2D eigenvalue weighted by Crippen LogP contribution is -2.43. The SMILES string of the molecule is CCN(CC)C1CCN(C(=NC)NCc2ccc(OC)cc2OC(F)F)C1. The Labute approximate surface area is 160 Å². The Morgan fingerprint density at radius 1 is 1.37 bits per heavy atom. The van der Waals surface area contributed by atoms with Crippen LogP contribution in [0.15, 0.2) is 23.2 Å². The third-order valence-corrected chi connectivity index (χ3v) is 4.93. The molecule has 152 valence electrons. The Morgan fingerprint density at radius 3 is 2.70 bits per heavy atom. The molecule has 1 heterocycles. The third kappa shape index (κ3) is 5.69. The standard InChI is InChI=1S/C19H30F2N4O2/c1-5-24(6-2)15-9-10-25(13-15)19(22-3)23-12-14-7-8-16(26-4)11-17(14)27-18(20)21/h7-8,11,15,18H,5-6,9-10,12-13H2,1-4H3,(H,22,23). The molecule has 1 atom stereocenters. The summed E-state index contributed by atoms with van der Waals surface area (Å²) < 4.78 is 35.2. The monoisotopic (exact) mass is 384 g/mol. The van der Waals surface area contributed by atoms with Gasteiger partial charge in [0.25, 0.3) is 0 Å². The molecular weight excluding hydrogens is 354 g/mol. The van der Waals surface area contributed by atoms with Crippen molar-refractivity contribution < 1.29 is 18.3 Å². The molecule has 1 aromatic rings. The summed E-state index contributed by atoms with van der Waals surface area (Å²) in [7, 11) is 3.22. The van der Waals surface area contributed by atoms with Crippen LogP contribution in [0.1, 0.15) is 25.8 Å². The maximum Gasteiger partial charge on any atom is 0.387 e. The van der Waals surface area contributed by atoms with Crippen LogP contribution in [0.4, 0.5) is 8.78 Å². The van der Waals surface area contributed by atoms with Crippen molar-refractivity contribution >= 4 is 5.96 Å². The normalized spacial score (nSPS) is 17.7. The van der Waals surface area contributed by atoms with Gasteiger partial charge in [-0.15, -0.1) is 0 Å². The van der Waals surface area contributed by atoms with Crippen LogP contribution in [0.2, 0.25) is 0 Å². The number of benzene rings is 1. The zero-order valence-corrected chi connectivity index (χ0v) is 16.5. The van der Waals surface area contributed by atoms with Crippen molar-refractivity contribution in [2.75, 3.05) is 40.3 Å². The highest BCUT2D eigenvalue weighted by Crippen LogP contribution is 2.26. The second kappa shape index (κ2) is 10.3. The van der Waals surface area contributed by atoms with Gasteiger partial charge in [-0.05, 0) is 31.6 Å². The average molecular weight is 384 g/mol. The van der Waals surface area contributed by atoms with Crippen molar-refractivity contribution in [3.8, 4) is 11.5 Å². The number of nitrogens with zero attached hydrogens (tertiary/aromatic N) is 3. The highest BCUT2D eigenvalue weighted by molar-refractivity contribution is 5.80. The number of alkyl halides is 2. The van der Waals surface area contributed by atoms with Crippen molar-refractivity contribution in [3.63, 3.8) is 0 Å². The predicted molar refractivity (Wildman–Crippen MR) is 103 cm³/mol. The molecular formula is C19H30F2N4O2. The van der Waals surface area contributed by atoms with Gasteiger partial charge in [0.1, 0.15) is 11.5 Å². The van der Waals surface area contributed by atoms with E-state index < -0.39 is 6.61 Å². The summed E-state index contributed by atoms with van der Waals surface area (Å²) in [4.78, 5) is 9.01. The van der Waals surface area contributed by atoms with Gasteiger partial charge in [0.05, 0.1) is 7.11 Å². The molecule has 1 aromatic carbocycles. The summed E-state index contributed by atoms with van der Waals surface area (Å²) in [6.45, 7) is 5.69. The van der Waals surface area contributed by atoms with Gasteiger partial charge in [-0.2, -0.15) is 8.78 Å². The van der Waals surface area contributed by atoms with Gasteiger partial charge in [0.2, 0.25) is 0 Å². The van der Waals surface area contributed by atoms with E-state index in [0.717, 1.165) is 38.6 Å². The highest BCUT2D eigenvalue weighted by Gasteiger charge is 2.28. The smallest absolute Gasteiger partial charge is 0.387 e. The minimum Gasteiger partial charge on any atom is -0.497 e. The molecule has 6 nitrogen and oxygen atoms in total. The molecule has 0 aliphatic carbocycles. The molecule has 1 N–H and O–H groups in total. The van der Waals surface area contributed by atoms with Gasteiger partial charge in [0, 0.05) is 44.4 Å². The summed E-state index contributed by atoms with van der Waals surface area (Å²) >= 11 is 0. The van der Waals surface area contributed by atoms with Gasteiger partial charge >= 0.3 is 6.61 Å². The minimum atomic E-state index is -2.89. The van der Waals surface area contributed by atoms with Gasteiger partial charge in [-0.25, -0.2) is 0 Å². The molecule has 0 amide bonds. The van der Waals surface area contributed by atoms with E-state index >= 15 is 0 Å². The molecule has 1 fully saturated rings. The molecule has 2 rings (SSSR count). The van der Waals surface area contributed by atoms with E-state index in [9.17, 15) is 8.78 Å². The average Bonchev–Trinajstić information content (AvgIpc) is 3.13. The Kier molecular flexibility index (Phi) is 8.09. The minimum absolute atomic E-state index is 0.106. The van der Waals surface area contributed by atoms with E-state index in [1.54, 1.807) is 19.2 Å². The van der Waals surface area contributed by atoms with Crippen LogP contribution >= 0.6 is 0 Å². The van der Waals surface area contributed by atoms with E-state index in [1.807, 2.05) is 0 Å². The van der Waals surface area contributed by atoms with E-state index in [0.29, 0.717) is 23.9 Å². The fraction of sp³-hybridized carbons (Fsp3) is 0.632. The Balaban J connectivity index is 2.02. The van der Waals surface area contributed by atoms with Gasteiger partial charge in [-0.1, -0.05) is 13.8 Å². The molecule has 1 unspecified atom stereocenters. The van der Waals surface area contributed by atoms with E-state index in [2.05, 4.69) is 38.7 Å². The number of hydrogen-bond acceptors (Lipinski definition) is 4. The molecule has 8 heteroatoms. The fourth-order valence-corrected chi connectivity index (χ4v) is 3.49. The Hall–Kier alpha value is -2.09. The topological polar surface area (TPSA) is 49.3 Å². The molecule has 0 saturated carbocycles. The molecule has 1 aliphatic heterocycles. The zero-order valence-electron chi connectivity index (χ0n) is 16.5. The first-order chi connectivity index (χ1) is 13.0. The largest absolute Gasteiger partial charge is 0.497 e. The summed E-state index contributed by atoms with van der Waals surface area (Å²) in [6.07, 6.45) is 1.09. The van der Waals surface area contributed by atoms with Gasteiger partial charge in [-0.3, -0.25) is 9.89 Å². The number of nitrogens with one attached hydrogen (secondary N) is 1. The van der Waals surface area contributed by atoms with Crippen LogP contribution < -0.4 is 14.8 Å². The summed E-state index contributed by atoms with van der Waals surface area (Å²) in [5.74, 6) is 1.35. The lowest BCUT2D eigenvalue weighted by Gasteiger charge is -2.27. The highest BCUT2D eigenvalue weighted by atomic mass is 19.3. The fourth-order valence-electron chi connectivity index (χ4n) is 3.49. The maximum absolute atomic E-state index is 12.7. The molecule has 0 spiro atoms. The second-order valence-corrected chi connectivity index (χ2v) is 6.36. The number of rotatable bonds is 8. The number of aliphatic imine (C=N–C) groups is 1. The van der Waals surface area contributed by atoms with Crippen molar-refractivity contribution in [2.45, 2.75) is 39.5 Å². The first-order valence-electron chi connectivity index (χ1n) is 9.33. The number of methoxy groups -OCH3 is 1. The zero-order chi connectivity index (χ0) is 19.8. The van der Waals surface area contributed by atoms with E-state index in [-0.39, 0.29) is 5.75 Å². The van der Waals surface area contributed by atoms with E-state index in [4.69, 9.17) is 4.74 Å². The summed E-state index contributed by atoms with van der Waals surface area (Å²) in [5.41, 5.74) is 0.622. The van der Waals surface area contributed by atoms with Crippen LogP contribution in [-0.2, 0) is 6.54 Å². The van der Waals surface area contributed by atoms with Crippen molar-refractivity contribution in [1.29, 1.82) is 0 Å². The number of likely N-dealkylation sites (N-methyl/N-ethyl adjacent to an activating group) is 1. The van der Waals surface area contributed by atoms with Crippen molar-refractivity contribution in [1.82, 2.24) is 15.1 Å². The number of likely N-dealkylation sites (tertiary alicyclic amines) is 1. The quantitative estimate of drug-likeness (QED) is 0.552. The third-order valence-electron chi connectivity index (χ3n) is 4.93. The van der Waals surface area contributed by atoms with Crippen molar-refractivity contribution in [3.05, 3.63) is 23.8 Å². The summed E-state index contributed by atoms with van der Waals surface area (Å²) in [6, 6.07) is 5.43. The number of ether oxygens (including phenoxy) is 2. The predicted octanol–water partition coefficient (Wildman–Crippen LogP) is 2.79. The van der Waals surface area contributed by atoms with Crippen LogP contribution in [0.3, 0.4) is 0 Å². The second-order valence-electron chi connectivity index (χ2n) is 6.36. The number of hydrogen-bond donors (Lipinski definition) is 1. The Bertz CT molecular complexity index is 624. The molecule has 0 bridgehead atoms. The van der Waals surface area contributed by atoms with Crippen LogP contribution in [0, 0.1) is 0 Å². The van der Waals surface area contributed by atoms with E-state index in [1.165, 1.54) is 13.2 Å². The van der Waals surface area contributed by atoms with Gasteiger partial charge in [0.15, 0.2) is 5.96 Å². The lowest BCUT2D eigenvalue weighted by molar-refractivity contribution is -0.0505. The number of halogens is 2. The molecule has 0 aromatic heterocycles.